The first-order chi connectivity index (χ1) is 8.14. The lowest BCUT2D eigenvalue weighted by Gasteiger charge is -2.21. The van der Waals surface area contributed by atoms with Crippen LogP contribution in [0.2, 0.25) is 13.1 Å². The third kappa shape index (κ3) is 6.41. The van der Waals surface area contributed by atoms with Crippen LogP contribution in [0, 0.1) is 0 Å². The van der Waals surface area contributed by atoms with Crippen LogP contribution in [-0.2, 0) is 8.85 Å². The van der Waals surface area contributed by atoms with Crippen LogP contribution in [0.25, 0.3) is 6.08 Å². The van der Waals surface area contributed by atoms with E-state index in [4.69, 9.17) is 8.85 Å². The number of hydrogen-bond acceptors (Lipinski definition) is 2. The summed E-state index contributed by atoms with van der Waals surface area (Å²) in [4.78, 5) is 0. The van der Waals surface area contributed by atoms with Gasteiger partial charge in [0.15, 0.2) is 0 Å². The van der Waals surface area contributed by atoms with Gasteiger partial charge in [0, 0.05) is 6.61 Å². The van der Waals surface area contributed by atoms with Crippen LogP contribution >= 0.6 is 0 Å². The molecule has 3 heteroatoms. The van der Waals surface area contributed by atoms with Gasteiger partial charge < -0.3 is 8.85 Å². The van der Waals surface area contributed by atoms with Crippen LogP contribution in [0.15, 0.2) is 36.4 Å². The van der Waals surface area contributed by atoms with Crippen molar-refractivity contribution in [1.29, 1.82) is 0 Å². The molecule has 1 aromatic carbocycles. The van der Waals surface area contributed by atoms with E-state index in [0.29, 0.717) is 6.61 Å². The molecule has 0 unspecified atom stereocenters. The zero-order valence-electron chi connectivity index (χ0n) is 11.0. The Bertz CT molecular complexity index is 333. The highest BCUT2D eigenvalue weighted by Crippen LogP contribution is 2.07. The molecule has 0 saturated heterocycles. The minimum absolute atomic E-state index is 0.623. The first kappa shape index (κ1) is 14.2. The van der Waals surface area contributed by atoms with E-state index in [-0.39, 0.29) is 0 Å². The van der Waals surface area contributed by atoms with Crippen molar-refractivity contribution in [2.75, 3.05) is 13.2 Å². The summed E-state index contributed by atoms with van der Waals surface area (Å²) in [5, 5.41) is 0. The van der Waals surface area contributed by atoms with E-state index >= 15 is 0 Å². The molecule has 0 bridgehead atoms. The molecule has 0 spiro atoms. The molecule has 0 fully saturated rings. The van der Waals surface area contributed by atoms with E-state index in [1.54, 1.807) is 0 Å². The second-order valence-electron chi connectivity index (χ2n) is 4.37. The van der Waals surface area contributed by atoms with Gasteiger partial charge in [0.2, 0.25) is 0 Å². The van der Waals surface area contributed by atoms with Gasteiger partial charge in [-0.3, -0.25) is 0 Å². The van der Waals surface area contributed by atoms with Crippen molar-refractivity contribution in [3.05, 3.63) is 42.0 Å². The first-order valence-electron chi connectivity index (χ1n) is 6.13. The van der Waals surface area contributed by atoms with Crippen LogP contribution in [-0.4, -0.2) is 21.8 Å². The van der Waals surface area contributed by atoms with Crippen molar-refractivity contribution in [1.82, 2.24) is 0 Å². The van der Waals surface area contributed by atoms with Crippen molar-refractivity contribution in [3.63, 3.8) is 0 Å². The van der Waals surface area contributed by atoms with Crippen molar-refractivity contribution in [2.45, 2.75) is 26.4 Å². The topological polar surface area (TPSA) is 18.5 Å². The normalized spacial score (nSPS) is 12.2. The first-order valence-corrected chi connectivity index (χ1v) is 8.95. The van der Waals surface area contributed by atoms with Crippen LogP contribution in [0.5, 0.6) is 0 Å². The van der Waals surface area contributed by atoms with Gasteiger partial charge >= 0.3 is 8.56 Å². The molecule has 0 amide bonds. The summed E-state index contributed by atoms with van der Waals surface area (Å²) >= 11 is 0. The molecule has 0 heterocycles. The van der Waals surface area contributed by atoms with Crippen molar-refractivity contribution < 1.29 is 8.85 Å². The smallest absolute Gasteiger partial charge is 0.331 e. The highest BCUT2D eigenvalue weighted by Gasteiger charge is 2.23. The summed E-state index contributed by atoms with van der Waals surface area (Å²) in [6, 6.07) is 10.2. The van der Waals surface area contributed by atoms with Gasteiger partial charge in [-0.05, 0) is 25.1 Å². The predicted octanol–water partition coefficient (Wildman–Crippen LogP) is 3.84. The van der Waals surface area contributed by atoms with E-state index in [2.05, 4.69) is 38.2 Å². The van der Waals surface area contributed by atoms with Gasteiger partial charge in [-0.25, -0.2) is 0 Å². The van der Waals surface area contributed by atoms with Gasteiger partial charge in [-0.1, -0.05) is 49.4 Å². The Morgan fingerprint density at radius 3 is 2.47 bits per heavy atom. The Labute approximate surface area is 106 Å². The maximum atomic E-state index is 5.78. The summed E-state index contributed by atoms with van der Waals surface area (Å²) in [5.41, 5.74) is 1.20. The monoisotopic (exact) mass is 250 g/mol. The Morgan fingerprint density at radius 1 is 1.12 bits per heavy atom. The van der Waals surface area contributed by atoms with Gasteiger partial charge in [0.05, 0.1) is 6.61 Å². The van der Waals surface area contributed by atoms with E-state index < -0.39 is 8.56 Å². The molecule has 0 N–H and O–H groups in total. The maximum absolute atomic E-state index is 5.78. The third-order valence-electron chi connectivity index (χ3n) is 2.29. The zero-order valence-corrected chi connectivity index (χ0v) is 12.0. The SMILES string of the molecule is CCCO[Si](C)(C)OC/C=C/c1ccccc1. The van der Waals surface area contributed by atoms with Crippen molar-refractivity contribution >= 4 is 14.6 Å². The zero-order chi connectivity index (χ0) is 12.6. The van der Waals surface area contributed by atoms with E-state index in [1.807, 2.05) is 24.3 Å². The summed E-state index contributed by atoms with van der Waals surface area (Å²) in [7, 11) is -1.91. The van der Waals surface area contributed by atoms with Gasteiger partial charge in [-0.15, -0.1) is 0 Å². The average Bonchev–Trinajstić information content (AvgIpc) is 2.34. The van der Waals surface area contributed by atoms with Crippen LogP contribution in [0.4, 0.5) is 0 Å². The second-order valence-corrected chi connectivity index (χ2v) is 7.75. The van der Waals surface area contributed by atoms with Gasteiger partial charge in [-0.2, -0.15) is 0 Å². The van der Waals surface area contributed by atoms with Crippen LogP contribution < -0.4 is 0 Å². The third-order valence-corrected chi connectivity index (χ3v) is 4.05. The maximum Gasteiger partial charge on any atom is 0.331 e. The molecule has 1 aromatic rings. The number of hydrogen-bond donors (Lipinski definition) is 0. The molecule has 0 aliphatic rings. The molecule has 0 aliphatic carbocycles. The molecule has 2 nitrogen and oxygen atoms in total. The standard InChI is InChI=1S/C14H22O2Si/c1-4-12-15-17(2,3)16-13-8-11-14-9-6-5-7-10-14/h5-11H,4,12-13H2,1-3H3/b11-8+. The minimum Gasteiger partial charge on any atom is -0.395 e. The predicted molar refractivity (Wildman–Crippen MR) is 75.2 cm³/mol. The number of benzene rings is 1. The lowest BCUT2D eigenvalue weighted by atomic mass is 10.2. The van der Waals surface area contributed by atoms with Crippen molar-refractivity contribution in [2.24, 2.45) is 0 Å². The molecule has 0 radical (unpaired) electrons. The minimum atomic E-state index is -1.91. The quantitative estimate of drug-likeness (QED) is 0.684. The molecule has 0 aromatic heterocycles. The molecular formula is C14H22O2Si. The number of rotatable bonds is 7. The molecule has 1 rings (SSSR count). The second kappa shape index (κ2) is 7.43. The van der Waals surface area contributed by atoms with E-state index in [9.17, 15) is 0 Å². The molecular weight excluding hydrogens is 228 g/mol. The van der Waals surface area contributed by atoms with Crippen molar-refractivity contribution in [3.8, 4) is 0 Å². The Morgan fingerprint density at radius 2 is 1.82 bits per heavy atom. The average molecular weight is 250 g/mol. The molecule has 0 saturated carbocycles. The lowest BCUT2D eigenvalue weighted by Crippen LogP contribution is -2.35. The summed E-state index contributed by atoms with van der Waals surface area (Å²) in [6.45, 7) is 7.69. The fourth-order valence-corrected chi connectivity index (χ4v) is 2.66. The molecule has 94 valence electrons. The Balaban J connectivity index is 2.29. The van der Waals surface area contributed by atoms with Crippen LogP contribution in [0.1, 0.15) is 18.9 Å². The summed E-state index contributed by atoms with van der Waals surface area (Å²) in [6.07, 6.45) is 5.16. The van der Waals surface area contributed by atoms with E-state index in [1.165, 1.54) is 5.56 Å². The Hall–Kier alpha value is -0.903. The highest BCUT2D eigenvalue weighted by atomic mass is 28.4. The highest BCUT2D eigenvalue weighted by molar-refractivity contribution is 6.64. The van der Waals surface area contributed by atoms with E-state index in [0.717, 1.165) is 13.0 Å². The summed E-state index contributed by atoms with van der Waals surface area (Å²) in [5.74, 6) is 0. The molecule has 0 atom stereocenters. The van der Waals surface area contributed by atoms with Gasteiger partial charge in [0.25, 0.3) is 0 Å². The fourth-order valence-electron chi connectivity index (χ4n) is 1.39. The molecule has 17 heavy (non-hydrogen) atoms. The fraction of sp³-hybridized carbons (Fsp3) is 0.429. The van der Waals surface area contributed by atoms with Crippen LogP contribution in [0.3, 0.4) is 0 Å². The summed E-state index contributed by atoms with van der Waals surface area (Å²) < 4.78 is 11.5. The van der Waals surface area contributed by atoms with Gasteiger partial charge in [0.1, 0.15) is 0 Å². The largest absolute Gasteiger partial charge is 0.395 e. The molecule has 0 aliphatic heterocycles. The Kier molecular flexibility index (Phi) is 6.19. The lowest BCUT2D eigenvalue weighted by molar-refractivity contribution is 0.195.